The number of nitrogens with two attached hydrogens (primary N) is 1. The number of anilines is 1. The second-order valence-electron chi connectivity index (χ2n) is 5.36. The number of aliphatic imine (C=N–C) groups is 1. The van der Waals surface area contributed by atoms with Crippen molar-refractivity contribution in [1.82, 2.24) is 4.98 Å². The van der Waals surface area contributed by atoms with E-state index < -0.39 is 0 Å². The van der Waals surface area contributed by atoms with Gasteiger partial charge in [0.2, 0.25) is 0 Å². The van der Waals surface area contributed by atoms with Gasteiger partial charge >= 0.3 is 0 Å². The molecule has 1 heterocycles. The van der Waals surface area contributed by atoms with Crippen molar-refractivity contribution >= 4 is 11.6 Å². The van der Waals surface area contributed by atoms with Gasteiger partial charge in [-0.05, 0) is 42.2 Å². The molecule has 0 bridgehead atoms. The van der Waals surface area contributed by atoms with Gasteiger partial charge in [-0.2, -0.15) is 0 Å². The second kappa shape index (κ2) is 8.78. The molecule has 0 saturated heterocycles. The summed E-state index contributed by atoms with van der Waals surface area (Å²) in [5.41, 5.74) is 8.15. The molecule has 122 valence electrons. The number of aromatic nitrogens is 1. The minimum absolute atomic E-state index is 0.385. The highest BCUT2D eigenvalue weighted by Crippen LogP contribution is 2.20. The highest BCUT2D eigenvalue weighted by molar-refractivity contribution is 5.92. The average Bonchev–Trinajstić information content (AvgIpc) is 2.59. The van der Waals surface area contributed by atoms with Gasteiger partial charge in [-0.1, -0.05) is 26.0 Å². The summed E-state index contributed by atoms with van der Waals surface area (Å²) in [6.07, 6.45) is 4.51. The Bertz CT molecular complexity index is 611. The second-order valence-corrected chi connectivity index (χ2v) is 5.36. The number of hydrogen-bond acceptors (Lipinski definition) is 3. The summed E-state index contributed by atoms with van der Waals surface area (Å²) in [7, 11) is 0. The van der Waals surface area contributed by atoms with E-state index in [0.29, 0.717) is 25.0 Å². The summed E-state index contributed by atoms with van der Waals surface area (Å²) >= 11 is 0. The monoisotopic (exact) mass is 312 g/mol. The molecule has 2 aromatic rings. The number of ether oxygens (including phenoxy) is 1. The Morgan fingerprint density at radius 3 is 2.74 bits per heavy atom. The van der Waals surface area contributed by atoms with Gasteiger partial charge in [0.05, 0.1) is 12.7 Å². The Morgan fingerprint density at radius 1 is 1.30 bits per heavy atom. The molecule has 0 radical (unpaired) electrons. The summed E-state index contributed by atoms with van der Waals surface area (Å²) in [6, 6.07) is 12.0. The molecule has 1 aromatic heterocycles. The van der Waals surface area contributed by atoms with Crippen molar-refractivity contribution in [2.24, 2.45) is 10.7 Å². The van der Waals surface area contributed by atoms with Crippen LogP contribution in [0.3, 0.4) is 0 Å². The standard InChI is InChI=1S/C18H24N4O/c1-3-14(2)15-6-8-16(9-7-15)22-18(19)21-11-12-23-17-5-4-10-20-13-17/h4-10,13-14H,3,11-12H2,1-2H3,(H3,19,21,22). The molecule has 1 unspecified atom stereocenters. The van der Waals surface area contributed by atoms with Gasteiger partial charge in [-0.3, -0.25) is 4.98 Å². The lowest BCUT2D eigenvalue weighted by Gasteiger charge is -2.11. The van der Waals surface area contributed by atoms with Crippen LogP contribution in [0.4, 0.5) is 5.69 Å². The molecule has 1 atom stereocenters. The number of guanidine groups is 1. The highest BCUT2D eigenvalue weighted by Gasteiger charge is 2.02. The van der Waals surface area contributed by atoms with Crippen molar-refractivity contribution in [3.8, 4) is 5.75 Å². The van der Waals surface area contributed by atoms with Crippen LogP contribution in [0.5, 0.6) is 5.75 Å². The van der Waals surface area contributed by atoms with Crippen molar-refractivity contribution < 1.29 is 4.74 Å². The Morgan fingerprint density at radius 2 is 2.09 bits per heavy atom. The minimum Gasteiger partial charge on any atom is -0.490 e. The molecule has 3 N–H and O–H groups in total. The molecule has 2 rings (SSSR count). The first-order valence-electron chi connectivity index (χ1n) is 7.88. The fraction of sp³-hybridized carbons (Fsp3) is 0.333. The normalized spacial score (nSPS) is 12.7. The topological polar surface area (TPSA) is 72.5 Å². The van der Waals surface area contributed by atoms with Crippen LogP contribution in [-0.2, 0) is 0 Å². The maximum absolute atomic E-state index is 5.88. The molecule has 0 aliphatic rings. The van der Waals surface area contributed by atoms with Crippen LogP contribution in [0.1, 0.15) is 31.7 Å². The maximum Gasteiger partial charge on any atom is 0.193 e. The van der Waals surface area contributed by atoms with Crippen LogP contribution in [0, 0.1) is 0 Å². The maximum atomic E-state index is 5.88. The molecule has 0 saturated carbocycles. The summed E-state index contributed by atoms with van der Waals surface area (Å²) in [4.78, 5) is 8.23. The Hall–Kier alpha value is -2.56. The quantitative estimate of drug-likeness (QED) is 0.467. The Labute approximate surface area is 137 Å². The third-order valence-corrected chi connectivity index (χ3v) is 3.64. The summed E-state index contributed by atoms with van der Waals surface area (Å²) < 4.78 is 5.51. The van der Waals surface area contributed by atoms with Crippen LogP contribution >= 0.6 is 0 Å². The predicted molar refractivity (Wildman–Crippen MR) is 95.0 cm³/mol. The fourth-order valence-corrected chi connectivity index (χ4v) is 2.08. The summed E-state index contributed by atoms with van der Waals surface area (Å²) in [5, 5.41) is 3.08. The zero-order valence-electron chi connectivity index (χ0n) is 13.7. The molecular weight excluding hydrogens is 288 g/mol. The van der Waals surface area contributed by atoms with Crippen molar-refractivity contribution in [3.05, 3.63) is 54.4 Å². The third kappa shape index (κ3) is 5.62. The number of pyridine rings is 1. The zero-order chi connectivity index (χ0) is 16.5. The number of nitrogens with one attached hydrogen (secondary N) is 1. The molecule has 5 nitrogen and oxygen atoms in total. The van der Waals surface area contributed by atoms with Gasteiger partial charge in [-0.25, -0.2) is 4.99 Å². The van der Waals surface area contributed by atoms with E-state index in [0.717, 1.165) is 17.9 Å². The van der Waals surface area contributed by atoms with Gasteiger partial charge < -0.3 is 15.8 Å². The van der Waals surface area contributed by atoms with Crippen LogP contribution < -0.4 is 15.8 Å². The molecule has 0 aliphatic carbocycles. The van der Waals surface area contributed by atoms with E-state index in [4.69, 9.17) is 10.5 Å². The van der Waals surface area contributed by atoms with Gasteiger partial charge in [0.15, 0.2) is 5.96 Å². The molecule has 0 amide bonds. The lowest BCUT2D eigenvalue weighted by molar-refractivity contribution is 0.327. The largest absolute Gasteiger partial charge is 0.490 e. The van der Waals surface area contributed by atoms with Crippen molar-refractivity contribution in [2.75, 3.05) is 18.5 Å². The van der Waals surface area contributed by atoms with Crippen molar-refractivity contribution in [1.29, 1.82) is 0 Å². The molecular formula is C18H24N4O. The van der Waals surface area contributed by atoms with Gasteiger partial charge in [0.25, 0.3) is 0 Å². The molecule has 5 heteroatoms. The van der Waals surface area contributed by atoms with Crippen LogP contribution in [0.15, 0.2) is 53.8 Å². The van der Waals surface area contributed by atoms with E-state index >= 15 is 0 Å². The van der Waals surface area contributed by atoms with Crippen LogP contribution in [0.2, 0.25) is 0 Å². The van der Waals surface area contributed by atoms with E-state index in [1.165, 1.54) is 5.56 Å². The van der Waals surface area contributed by atoms with Gasteiger partial charge in [-0.15, -0.1) is 0 Å². The van der Waals surface area contributed by atoms with Crippen LogP contribution in [0.25, 0.3) is 0 Å². The van der Waals surface area contributed by atoms with Crippen LogP contribution in [-0.4, -0.2) is 24.1 Å². The van der Waals surface area contributed by atoms with E-state index in [9.17, 15) is 0 Å². The fourth-order valence-electron chi connectivity index (χ4n) is 2.08. The van der Waals surface area contributed by atoms with Gasteiger partial charge in [0.1, 0.15) is 12.4 Å². The summed E-state index contributed by atoms with van der Waals surface area (Å²) in [5.74, 6) is 1.69. The molecule has 23 heavy (non-hydrogen) atoms. The first-order chi connectivity index (χ1) is 11.2. The van der Waals surface area contributed by atoms with Crippen molar-refractivity contribution in [3.63, 3.8) is 0 Å². The lowest BCUT2D eigenvalue weighted by Crippen LogP contribution is -2.23. The number of hydrogen-bond donors (Lipinski definition) is 2. The Kier molecular flexibility index (Phi) is 6.41. The summed E-state index contributed by atoms with van der Waals surface area (Å²) in [6.45, 7) is 5.36. The zero-order valence-corrected chi connectivity index (χ0v) is 13.7. The van der Waals surface area contributed by atoms with Gasteiger partial charge in [0, 0.05) is 11.9 Å². The molecule has 0 fully saturated rings. The van der Waals surface area contributed by atoms with E-state index in [2.05, 4.69) is 41.3 Å². The molecule has 0 spiro atoms. The van der Waals surface area contributed by atoms with E-state index in [1.807, 2.05) is 24.3 Å². The number of benzene rings is 1. The molecule has 1 aromatic carbocycles. The lowest BCUT2D eigenvalue weighted by atomic mass is 9.99. The Balaban J connectivity index is 1.78. The number of rotatable bonds is 7. The van der Waals surface area contributed by atoms with E-state index in [1.54, 1.807) is 12.4 Å². The third-order valence-electron chi connectivity index (χ3n) is 3.64. The van der Waals surface area contributed by atoms with Crippen molar-refractivity contribution in [2.45, 2.75) is 26.2 Å². The SMILES string of the molecule is CCC(C)c1ccc(NC(N)=NCCOc2cccnc2)cc1. The first-order valence-corrected chi connectivity index (χ1v) is 7.88. The number of nitrogens with zero attached hydrogens (tertiary/aromatic N) is 2. The van der Waals surface area contributed by atoms with E-state index in [-0.39, 0.29) is 0 Å². The minimum atomic E-state index is 0.385. The first kappa shape index (κ1) is 16.8. The highest BCUT2D eigenvalue weighted by atomic mass is 16.5. The molecule has 0 aliphatic heterocycles. The average molecular weight is 312 g/mol. The smallest absolute Gasteiger partial charge is 0.193 e. The predicted octanol–water partition coefficient (Wildman–Crippen LogP) is 3.40.